The van der Waals surface area contributed by atoms with Gasteiger partial charge in [0.25, 0.3) is 5.56 Å². The van der Waals surface area contributed by atoms with Crippen molar-refractivity contribution in [3.8, 4) is 0 Å². The lowest BCUT2D eigenvalue weighted by atomic mass is 9.93. The van der Waals surface area contributed by atoms with Gasteiger partial charge in [0.2, 0.25) is 11.8 Å². The molecule has 0 aliphatic carbocycles. The summed E-state index contributed by atoms with van der Waals surface area (Å²) in [6, 6.07) is 1.72. The van der Waals surface area contributed by atoms with E-state index in [0.717, 1.165) is 18.5 Å². The molecule has 2 aliphatic heterocycles. The largest absolute Gasteiger partial charge is 0.375 e. The molecule has 9 heteroatoms. The minimum Gasteiger partial charge on any atom is -0.375 e. The molecule has 2 aromatic rings. The molecular formula is C21H29N5O4. The zero-order valence-electron chi connectivity index (χ0n) is 18.0. The second-order valence-corrected chi connectivity index (χ2v) is 9.15. The summed E-state index contributed by atoms with van der Waals surface area (Å²) in [4.78, 5) is 46.4. The van der Waals surface area contributed by atoms with E-state index in [0.29, 0.717) is 43.0 Å². The van der Waals surface area contributed by atoms with Gasteiger partial charge in [0, 0.05) is 37.2 Å². The average Bonchev–Trinajstić information content (AvgIpc) is 3.33. The molecular weight excluding hydrogens is 386 g/mol. The minimum atomic E-state index is -0.474. The number of nitrogens with one attached hydrogen (secondary N) is 1. The molecule has 1 saturated heterocycles. The van der Waals surface area contributed by atoms with Gasteiger partial charge in [-0.3, -0.25) is 19.5 Å². The van der Waals surface area contributed by atoms with Gasteiger partial charge in [-0.05, 0) is 19.3 Å². The third kappa shape index (κ3) is 3.51. The first kappa shape index (κ1) is 20.6. The highest BCUT2D eigenvalue weighted by Gasteiger charge is 2.33. The van der Waals surface area contributed by atoms with Crippen LogP contribution in [0.15, 0.2) is 10.9 Å². The summed E-state index contributed by atoms with van der Waals surface area (Å²) in [5.74, 6) is -0.00208. The molecule has 0 unspecified atom stereocenters. The molecule has 4 heterocycles. The fraction of sp³-hybridized carbons (Fsp3) is 0.619. The Kier molecular flexibility index (Phi) is 5.17. The topological polar surface area (TPSA) is 100 Å². The fourth-order valence-electron chi connectivity index (χ4n) is 4.43. The number of methoxy groups -OCH3 is 1. The van der Waals surface area contributed by atoms with Crippen LogP contribution in [0.4, 0.5) is 0 Å². The maximum absolute atomic E-state index is 13.1. The molecule has 0 radical (unpaired) electrons. The second kappa shape index (κ2) is 7.54. The number of ether oxygens (including phenoxy) is 1. The Morgan fingerprint density at radius 2 is 2.07 bits per heavy atom. The Morgan fingerprint density at radius 1 is 1.30 bits per heavy atom. The number of fused-ring (bicyclic) bond motifs is 2. The van der Waals surface area contributed by atoms with Crippen molar-refractivity contribution in [3.63, 3.8) is 0 Å². The molecule has 0 spiro atoms. The van der Waals surface area contributed by atoms with Crippen LogP contribution in [-0.4, -0.2) is 63.0 Å². The van der Waals surface area contributed by atoms with Crippen LogP contribution in [0.1, 0.15) is 56.6 Å². The molecule has 162 valence electrons. The van der Waals surface area contributed by atoms with Gasteiger partial charge in [0.05, 0.1) is 24.0 Å². The number of hydrogen-bond donors (Lipinski definition) is 1. The predicted octanol–water partition coefficient (Wildman–Crippen LogP) is 1.26. The van der Waals surface area contributed by atoms with Crippen LogP contribution in [0.25, 0.3) is 5.65 Å². The lowest BCUT2D eigenvalue weighted by molar-refractivity contribution is -0.140. The van der Waals surface area contributed by atoms with Crippen molar-refractivity contribution in [2.75, 3.05) is 26.8 Å². The molecule has 1 fully saturated rings. The summed E-state index contributed by atoms with van der Waals surface area (Å²) in [5.41, 5.74) is 2.03. The van der Waals surface area contributed by atoms with Crippen molar-refractivity contribution < 1.29 is 14.3 Å². The predicted molar refractivity (Wildman–Crippen MR) is 110 cm³/mol. The first-order valence-corrected chi connectivity index (χ1v) is 10.4. The standard InChI is InChI=1S/C21H29N5O4/c1-21(2,3)20(29)24-9-7-13-15(11-24)22-17-10-14(23-26(17)19(13)28)16-6-5-8-25(16)18(27)12-30-4/h10,16,23H,5-9,11-12H2,1-4H3/t16-/m0/s1. The Morgan fingerprint density at radius 3 is 2.77 bits per heavy atom. The van der Waals surface area contributed by atoms with E-state index in [-0.39, 0.29) is 30.0 Å². The van der Waals surface area contributed by atoms with Crippen molar-refractivity contribution in [1.82, 2.24) is 24.4 Å². The molecule has 4 rings (SSSR count). The van der Waals surface area contributed by atoms with Gasteiger partial charge >= 0.3 is 0 Å². The maximum Gasteiger partial charge on any atom is 0.276 e. The molecule has 2 aromatic heterocycles. The lowest BCUT2D eigenvalue weighted by Crippen LogP contribution is -2.44. The van der Waals surface area contributed by atoms with E-state index in [2.05, 4.69) is 5.10 Å². The summed E-state index contributed by atoms with van der Waals surface area (Å²) in [7, 11) is 1.51. The minimum absolute atomic E-state index is 0.0425. The Hall–Kier alpha value is -2.68. The second-order valence-electron chi connectivity index (χ2n) is 9.15. The first-order valence-electron chi connectivity index (χ1n) is 10.4. The van der Waals surface area contributed by atoms with E-state index in [9.17, 15) is 14.4 Å². The summed E-state index contributed by atoms with van der Waals surface area (Å²) >= 11 is 0. The molecule has 1 atom stereocenters. The van der Waals surface area contributed by atoms with Crippen LogP contribution in [-0.2, 0) is 27.3 Å². The molecule has 0 bridgehead atoms. The number of aromatic amines is 1. The number of nitrogens with zero attached hydrogens (tertiary/aromatic N) is 4. The molecule has 0 saturated carbocycles. The van der Waals surface area contributed by atoms with Crippen LogP contribution in [0.2, 0.25) is 0 Å². The Labute approximate surface area is 175 Å². The normalized spacial score (nSPS) is 19.4. The summed E-state index contributed by atoms with van der Waals surface area (Å²) in [6.07, 6.45) is 2.21. The van der Waals surface area contributed by atoms with Crippen LogP contribution in [0, 0.1) is 5.41 Å². The number of likely N-dealkylation sites (tertiary alicyclic amines) is 1. The zero-order chi connectivity index (χ0) is 21.6. The van der Waals surface area contributed by atoms with Gasteiger partial charge in [-0.2, -0.15) is 0 Å². The number of amides is 2. The van der Waals surface area contributed by atoms with Gasteiger partial charge in [-0.25, -0.2) is 9.50 Å². The van der Waals surface area contributed by atoms with E-state index in [1.807, 2.05) is 26.8 Å². The number of carbonyl (C=O) groups excluding carboxylic acids is 2. The van der Waals surface area contributed by atoms with Crippen molar-refractivity contribution in [2.45, 2.75) is 52.6 Å². The van der Waals surface area contributed by atoms with E-state index in [1.165, 1.54) is 11.6 Å². The van der Waals surface area contributed by atoms with Gasteiger partial charge in [0.1, 0.15) is 6.61 Å². The number of rotatable bonds is 3. The molecule has 9 nitrogen and oxygen atoms in total. The van der Waals surface area contributed by atoms with Crippen molar-refractivity contribution in [3.05, 3.63) is 33.4 Å². The highest BCUT2D eigenvalue weighted by Crippen LogP contribution is 2.31. The monoisotopic (exact) mass is 415 g/mol. The fourth-order valence-corrected chi connectivity index (χ4v) is 4.43. The van der Waals surface area contributed by atoms with Gasteiger partial charge in [0.15, 0.2) is 5.65 Å². The summed E-state index contributed by atoms with van der Waals surface area (Å²) in [5, 5.41) is 3.17. The van der Waals surface area contributed by atoms with Crippen molar-refractivity contribution in [1.29, 1.82) is 0 Å². The summed E-state index contributed by atoms with van der Waals surface area (Å²) in [6.45, 7) is 7.26. The molecule has 0 aromatic carbocycles. The van der Waals surface area contributed by atoms with E-state index >= 15 is 0 Å². The van der Waals surface area contributed by atoms with E-state index < -0.39 is 5.41 Å². The third-order valence-corrected chi connectivity index (χ3v) is 5.91. The molecule has 1 N–H and O–H groups in total. The van der Waals surface area contributed by atoms with E-state index in [4.69, 9.17) is 9.72 Å². The van der Waals surface area contributed by atoms with Crippen LogP contribution in [0.5, 0.6) is 0 Å². The van der Waals surface area contributed by atoms with Crippen molar-refractivity contribution in [2.24, 2.45) is 5.41 Å². The quantitative estimate of drug-likeness (QED) is 0.814. The number of H-pyrrole nitrogens is 1. The van der Waals surface area contributed by atoms with E-state index in [1.54, 1.807) is 9.80 Å². The van der Waals surface area contributed by atoms with Gasteiger partial charge in [-0.15, -0.1) is 0 Å². The molecule has 30 heavy (non-hydrogen) atoms. The number of carbonyl (C=O) groups is 2. The average molecular weight is 415 g/mol. The first-order chi connectivity index (χ1) is 14.2. The van der Waals surface area contributed by atoms with Crippen molar-refractivity contribution >= 4 is 17.5 Å². The third-order valence-electron chi connectivity index (χ3n) is 5.91. The SMILES string of the molecule is COCC(=O)N1CCC[C@H]1c1cc2nc3c(c(=O)n2[nH]1)CCN(C(=O)C(C)(C)C)C3. The lowest BCUT2D eigenvalue weighted by Gasteiger charge is -2.32. The molecule has 2 amide bonds. The Balaban J connectivity index is 1.67. The van der Waals surface area contributed by atoms with Crippen LogP contribution >= 0.6 is 0 Å². The Bertz CT molecular complexity index is 1050. The van der Waals surface area contributed by atoms with Crippen LogP contribution in [0.3, 0.4) is 0 Å². The van der Waals surface area contributed by atoms with Gasteiger partial charge in [-0.1, -0.05) is 20.8 Å². The smallest absolute Gasteiger partial charge is 0.276 e. The highest BCUT2D eigenvalue weighted by atomic mass is 16.5. The van der Waals surface area contributed by atoms with Gasteiger partial charge < -0.3 is 14.5 Å². The number of aromatic nitrogens is 3. The van der Waals surface area contributed by atoms with Crippen LogP contribution < -0.4 is 5.56 Å². The number of hydrogen-bond acceptors (Lipinski definition) is 5. The highest BCUT2D eigenvalue weighted by molar-refractivity contribution is 5.81. The molecule has 2 aliphatic rings. The summed E-state index contributed by atoms with van der Waals surface area (Å²) < 4.78 is 6.46. The maximum atomic E-state index is 13.1. The zero-order valence-corrected chi connectivity index (χ0v) is 18.0.